The molecule has 532 valence electrons. The van der Waals surface area contributed by atoms with Gasteiger partial charge in [-0.3, -0.25) is 28.8 Å². The van der Waals surface area contributed by atoms with Gasteiger partial charge in [0.1, 0.15) is 32.5 Å². The van der Waals surface area contributed by atoms with Crippen LogP contribution >= 0.6 is 0 Å². The normalized spacial score (nSPS) is 12.0. The summed E-state index contributed by atoms with van der Waals surface area (Å²) in [4.78, 5) is 68.3. The van der Waals surface area contributed by atoms with E-state index in [4.69, 9.17) is 24.1 Å². The van der Waals surface area contributed by atoms with Crippen LogP contribution < -0.4 is 0 Å². The monoisotopic (exact) mass is 1290 g/mol. The fourth-order valence-corrected chi connectivity index (χ4v) is 10.1. The Morgan fingerprint density at radius 1 is 0.297 bits per heavy atom. The Hall–Kier alpha value is -4.26. The van der Waals surface area contributed by atoms with Gasteiger partial charge in [-0.05, 0) is 89.9 Å². The van der Waals surface area contributed by atoms with Crippen LogP contribution in [0.15, 0.2) is 48.6 Å². The van der Waals surface area contributed by atoms with Crippen LogP contribution in [0.1, 0.15) is 375 Å². The highest BCUT2D eigenvalue weighted by Crippen LogP contribution is 2.17. The molecule has 13 nitrogen and oxygen atoms in total. The van der Waals surface area contributed by atoms with Crippen molar-refractivity contribution in [1.29, 1.82) is 0 Å². The lowest BCUT2D eigenvalue weighted by molar-refractivity contribution is -0.166. The van der Waals surface area contributed by atoms with E-state index < -0.39 is 30.1 Å². The minimum Gasteiger partial charge on any atom is -0.481 e. The van der Waals surface area contributed by atoms with E-state index in [2.05, 4.69) is 81.0 Å². The van der Waals surface area contributed by atoms with E-state index in [1.165, 1.54) is 219 Å². The van der Waals surface area contributed by atoms with E-state index in [1.54, 1.807) is 0 Å². The summed E-state index contributed by atoms with van der Waals surface area (Å²) < 4.78 is 25.5. The van der Waals surface area contributed by atoms with E-state index >= 15 is 0 Å². The lowest BCUT2D eigenvalue weighted by Gasteiger charge is -2.17. The predicted octanol–water partition coefficient (Wildman–Crippen LogP) is 22.1. The van der Waals surface area contributed by atoms with Crippen molar-refractivity contribution >= 4 is 35.8 Å². The summed E-state index contributed by atoms with van der Waals surface area (Å²) in [7, 11) is 0. The summed E-state index contributed by atoms with van der Waals surface area (Å²) in [6.45, 7) is 11.1. The van der Waals surface area contributed by atoms with Crippen molar-refractivity contribution in [3.05, 3.63) is 48.6 Å². The maximum atomic E-state index is 12.4. The molecule has 0 saturated carbocycles. The second-order valence-electron chi connectivity index (χ2n) is 25.1. The minimum atomic E-state index is -0.950. The molecule has 0 radical (unpaired) electrons. The van der Waals surface area contributed by atoms with Crippen LogP contribution in [0, 0.1) is 0 Å². The van der Waals surface area contributed by atoms with Gasteiger partial charge < -0.3 is 33.9 Å². The van der Waals surface area contributed by atoms with Gasteiger partial charge >= 0.3 is 35.8 Å². The van der Waals surface area contributed by atoms with Crippen LogP contribution in [0.3, 0.4) is 0 Å². The van der Waals surface area contributed by atoms with Crippen molar-refractivity contribution in [2.24, 2.45) is 0 Å². The zero-order valence-corrected chi connectivity index (χ0v) is 59.8. The Balaban J connectivity index is -0.00000142. The number of aliphatic hydroxyl groups excluding tert-OH is 1. The first-order valence-electron chi connectivity index (χ1n) is 37.6. The largest absolute Gasteiger partial charge is 0.481 e. The molecule has 0 heterocycles. The number of carbonyl (C=O) groups is 6. The van der Waals surface area contributed by atoms with Gasteiger partial charge in [0.15, 0.2) is 6.10 Å². The topological polar surface area (TPSA) is 189 Å². The molecule has 0 amide bonds. The number of allylic oxidation sites excluding steroid dienone is 8. The summed E-state index contributed by atoms with van der Waals surface area (Å²) in [6, 6.07) is 0. The third-order valence-electron chi connectivity index (χ3n) is 15.8. The first-order valence-corrected chi connectivity index (χ1v) is 37.6. The molecular weight excluding hydrogens is 1140 g/mol. The highest BCUT2D eigenvalue weighted by Gasteiger charge is 2.19. The second kappa shape index (κ2) is 78.2. The number of esters is 5. The molecule has 0 aliphatic rings. The summed E-state index contributed by atoms with van der Waals surface area (Å²) in [6.07, 6.45) is 75.8. The fraction of sp³-hybridized carbons (Fsp3) is 0.821. The summed E-state index contributed by atoms with van der Waals surface area (Å²) in [5, 5.41) is 18.0. The molecule has 0 fully saturated rings. The Bertz CT molecular complexity index is 1720. The number of rotatable bonds is 65. The van der Waals surface area contributed by atoms with Crippen LogP contribution in [0.25, 0.3) is 0 Å². The standard InChI is InChI=1S/C39H70O6.C21H40O5.C18H32O2/c1-4-6-8-10-12-14-16-18-19-21-23-25-27-29-31-33-39(42)45-37(34-43-36(3)40)35-44-38(41)32-30-28-26-24-22-20-17-15-13-11-9-7-5-2;1-3-4-5-6-7-8-9-10-11-12-13-14-15-16-21(24)26-18-20(23)17-25-19(2)22;1-2-3-4-5-6-7-8-9-10-11-12-13-14-15-16-17-18(19)20/h12,14,18-19,37H,4-11,13,15-17,20-35H2,1-3H3;20,23H,3-18H2,1-2H3;6-7,9-10H,2-5,8,11-17H2,1H3,(H,19,20)/b14-12-,19-18-;;7-6-,10-9-. The Morgan fingerprint density at radius 2 is 0.538 bits per heavy atom. The zero-order valence-electron chi connectivity index (χ0n) is 59.8. The fourth-order valence-electron chi connectivity index (χ4n) is 10.1. The van der Waals surface area contributed by atoms with E-state index in [0.29, 0.717) is 25.7 Å². The van der Waals surface area contributed by atoms with Gasteiger partial charge in [-0.25, -0.2) is 0 Å². The maximum absolute atomic E-state index is 12.4. The molecule has 0 aromatic carbocycles. The van der Waals surface area contributed by atoms with E-state index in [1.807, 2.05) is 0 Å². The molecule has 2 N–H and O–H groups in total. The first kappa shape index (κ1) is 90.9. The van der Waals surface area contributed by atoms with Gasteiger partial charge in [-0.1, -0.05) is 295 Å². The summed E-state index contributed by atoms with van der Waals surface area (Å²) >= 11 is 0. The summed E-state index contributed by atoms with van der Waals surface area (Å²) in [5.74, 6) is -2.52. The number of carboxylic acids is 1. The molecular formula is C78H142O13. The average Bonchev–Trinajstić information content (AvgIpc) is 3.62. The van der Waals surface area contributed by atoms with E-state index in [0.717, 1.165) is 103 Å². The Kier molecular flexibility index (Phi) is 78.1. The smallest absolute Gasteiger partial charge is 0.306 e. The van der Waals surface area contributed by atoms with Crippen molar-refractivity contribution in [2.45, 2.75) is 388 Å². The second-order valence-corrected chi connectivity index (χ2v) is 25.1. The average molecular weight is 1290 g/mol. The van der Waals surface area contributed by atoms with Crippen LogP contribution in [0.4, 0.5) is 0 Å². The molecule has 91 heavy (non-hydrogen) atoms. The number of ether oxygens (including phenoxy) is 5. The molecule has 0 aromatic rings. The molecule has 0 aliphatic heterocycles. The maximum Gasteiger partial charge on any atom is 0.306 e. The van der Waals surface area contributed by atoms with Gasteiger partial charge in [0, 0.05) is 39.5 Å². The number of carbonyl (C=O) groups excluding carboxylic acids is 5. The van der Waals surface area contributed by atoms with Crippen molar-refractivity contribution in [1.82, 2.24) is 0 Å². The van der Waals surface area contributed by atoms with Crippen molar-refractivity contribution in [3.63, 3.8) is 0 Å². The SMILES string of the molecule is CCCCC/C=C\C/C=C\CCCCCCCC(=O)O.CCCCC/C=C\C/C=C\CCCCCCCC(=O)OC(COC(C)=O)COC(=O)CCCCCCCCCCCCCCC.CCCCCCCCCCCCCCCC(=O)OCC(O)COC(C)=O. The third-order valence-corrected chi connectivity index (χ3v) is 15.8. The molecule has 2 unspecified atom stereocenters. The van der Waals surface area contributed by atoms with Gasteiger partial charge in [0.05, 0.1) is 0 Å². The molecule has 0 aromatic heterocycles. The van der Waals surface area contributed by atoms with Gasteiger partial charge in [-0.2, -0.15) is 0 Å². The zero-order chi connectivity index (χ0) is 67.4. The summed E-state index contributed by atoms with van der Waals surface area (Å²) in [5.41, 5.74) is 0. The van der Waals surface area contributed by atoms with Crippen LogP contribution in [0.2, 0.25) is 0 Å². The minimum absolute atomic E-state index is 0.0849. The number of hydrogen-bond acceptors (Lipinski definition) is 12. The number of carboxylic acid groups (broad SMARTS) is 1. The van der Waals surface area contributed by atoms with Crippen molar-refractivity contribution in [3.8, 4) is 0 Å². The first-order chi connectivity index (χ1) is 44.3. The van der Waals surface area contributed by atoms with Crippen LogP contribution in [-0.4, -0.2) is 84.7 Å². The van der Waals surface area contributed by atoms with Gasteiger partial charge in [0.2, 0.25) is 0 Å². The molecule has 13 heteroatoms. The lowest BCUT2D eigenvalue weighted by Crippen LogP contribution is -2.30. The quantitative estimate of drug-likeness (QED) is 0.0253. The highest BCUT2D eigenvalue weighted by molar-refractivity contribution is 5.71. The van der Waals surface area contributed by atoms with E-state index in [-0.39, 0.29) is 44.3 Å². The molecule has 0 aliphatic carbocycles. The van der Waals surface area contributed by atoms with Gasteiger partial charge in [-0.15, -0.1) is 0 Å². The third kappa shape index (κ3) is 85.7. The number of hydrogen-bond donors (Lipinski definition) is 2. The Labute approximate surface area is 558 Å². The number of unbranched alkanes of at least 4 members (excludes halogenated alkanes) is 40. The molecule has 0 rings (SSSR count). The van der Waals surface area contributed by atoms with E-state index in [9.17, 15) is 33.9 Å². The predicted molar refractivity (Wildman–Crippen MR) is 378 cm³/mol. The highest BCUT2D eigenvalue weighted by atomic mass is 16.6. The molecule has 0 saturated heterocycles. The van der Waals surface area contributed by atoms with Crippen LogP contribution in [0.5, 0.6) is 0 Å². The van der Waals surface area contributed by atoms with Crippen molar-refractivity contribution < 1.29 is 62.7 Å². The molecule has 0 spiro atoms. The molecule has 2 atom stereocenters. The lowest BCUT2D eigenvalue weighted by atomic mass is 10.0. The number of aliphatic carboxylic acids is 1. The van der Waals surface area contributed by atoms with Crippen LogP contribution in [-0.2, 0) is 52.5 Å². The number of aliphatic hydroxyl groups is 1. The molecule has 0 bridgehead atoms. The van der Waals surface area contributed by atoms with Crippen molar-refractivity contribution in [2.75, 3.05) is 26.4 Å². The van der Waals surface area contributed by atoms with Gasteiger partial charge in [0.25, 0.3) is 0 Å². The Morgan fingerprint density at radius 3 is 0.868 bits per heavy atom.